The molecule has 0 aliphatic heterocycles. The van der Waals surface area contributed by atoms with E-state index in [1.807, 2.05) is 0 Å². The Morgan fingerprint density at radius 1 is 1.07 bits per heavy atom. The summed E-state index contributed by atoms with van der Waals surface area (Å²) in [6.07, 6.45) is -4.80. The molecule has 0 aromatic heterocycles. The minimum absolute atomic E-state index is 0.282. The van der Waals surface area contributed by atoms with Gasteiger partial charge in [0.05, 0.1) is 21.3 Å². The fourth-order valence-electron chi connectivity index (χ4n) is 2.26. The monoisotopic (exact) mass is 429 g/mol. The highest BCUT2D eigenvalue weighted by atomic mass is 32.2. The minimum Gasteiger partial charge on any atom is -0.326 e. The molecule has 29 heavy (non-hydrogen) atoms. The number of nitrogens with one attached hydrogen (secondary N) is 2. The van der Waals surface area contributed by atoms with Crippen LogP contribution in [0, 0.1) is 10.1 Å². The number of halogens is 3. The third-order valence-corrected chi connectivity index (χ3v) is 4.84. The van der Waals surface area contributed by atoms with Crippen molar-refractivity contribution in [3.8, 4) is 0 Å². The number of rotatable bonds is 6. The van der Waals surface area contributed by atoms with E-state index in [2.05, 4.69) is 10.6 Å². The van der Waals surface area contributed by atoms with Crippen molar-refractivity contribution in [2.45, 2.75) is 18.0 Å². The molecule has 0 heterocycles. The van der Waals surface area contributed by atoms with Crippen LogP contribution in [0.5, 0.6) is 0 Å². The second kappa shape index (κ2) is 8.82. The molecule has 2 N–H and O–H groups in total. The van der Waals surface area contributed by atoms with E-state index in [4.69, 9.17) is 0 Å². The Labute approximate surface area is 164 Å². The number of alkyl halides is 3. The SMILES string of the molecule is CC(=O)Nc1ccc(NC(=O)CS(=O)c2ccc(C(F)(F)F)cc2[N+](=O)[O-])cc1. The van der Waals surface area contributed by atoms with Crippen molar-refractivity contribution < 1.29 is 31.9 Å². The molecule has 0 bridgehead atoms. The van der Waals surface area contributed by atoms with Crippen molar-refractivity contribution in [2.75, 3.05) is 16.4 Å². The van der Waals surface area contributed by atoms with Gasteiger partial charge in [-0.1, -0.05) is 0 Å². The minimum atomic E-state index is -4.80. The molecule has 2 amide bonds. The number of carbonyl (C=O) groups is 2. The van der Waals surface area contributed by atoms with Crippen LogP contribution in [0.25, 0.3) is 0 Å². The number of hydrogen-bond acceptors (Lipinski definition) is 5. The summed E-state index contributed by atoms with van der Waals surface area (Å²) in [5.74, 6) is -1.74. The summed E-state index contributed by atoms with van der Waals surface area (Å²) in [5, 5.41) is 16.0. The summed E-state index contributed by atoms with van der Waals surface area (Å²) >= 11 is 0. The van der Waals surface area contributed by atoms with Gasteiger partial charge in [0.2, 0.25) is 11.8 Å². The largest absolute Gasteiger partial charge is 0.416 e. The molecule has 0 radical (unpaired) electrons. The third kappa shape index (κ3) is 6.10. The van der Waals surface area contributed by atoms with Crippen LogP contribution in [0.3, 0.4) is 0 Å². The lowest BCUT2D eigenvalue weighted by molar-refractivity contribution is -0.388. The highest BCUT2D eigenvalue weighted by molar-refractivity contribution is 7.86. The molecule has 0 aliphatic carbocycles. The summed E-state index contributed by atoms with van der Waals surface area (Å²) in [5.41, 5.74) is -1.44. The molecule has 2 aromatic carbocycles. The predicted molar refractivity (Wildman–Crippen MR) is 98.7 cm³/mol. The third-order valence-electron chi connectivity index (χ3n) is 3.48. The molecular weight excluding hydrogens is 415 g/mol. The average Bonchev–Trinajstić information content (AvgIpc) is 2.61. The zero-order chi connectivity index (χ0) is 21.8. The van der Waals surface area contributed by atoms with E-state index in [9.17, 15) is 37.1 Å². The average molecular weight is 429 g/mol. The number of hydrogen-bond donors (Lipinski definition) is 2. The Morgan fingerprint density at radius 3 is 2.10 bits per heavy atom. The van der Waals surface area contributed by atoms with Crippen LogP contribution in [0.15, 0.2) is 47.4 Å². The van der Waals surface area contributed by atoms with Crippen LogP contribution in [0.4, 0.5) is 30.2 Å². The van der Waals surface area contributed by atoms with Crippen molar-refractivity contribution in [1.82, 2.24) is 0 Å². The fourth-order valence-corrected chi connectivity index (χ4v) is 3.32. The molecule has 0 saturated carbocycles. The van der Waals surface area contributed by atoms with E-state index in [1.54, 1.807) is 0 Å². The lowest BCUT2D eigenvalue weighted by Crippen LogP contribution is -2.20. The topological polar surface area (TPSA) is 118 Å². The van der Waals surface area contributed by atoms with E-state index >= 15 is 0 Å². The first-order valence-electron chi connectivity index (χ1n) is 7.89. The van der Waals surface area contributed by atoms with Gasteiger partial charge in [-0.25, -0.2) is 0 Å². The molecule has 8 nitrogen and oxygen atoms in total. The number of anilines is 2. The molecule has 1 unspecified atom stereocenters. The molecule has 0 spiro atoms. The van der Waals surface area contributed by atoms with Crippen molar-refractivity contribution in [2.24, 2.45) is 0 Å². The van der Waals surface area contributed by atoms with Gasteiger partial charge in [0.1, 0.15) is 10.6 Å². The van der Waals surface area contributed by atoms with E-state index < -0.39 is 49.7 Å². The highest BCUT2D eigenvalue weighted by Crippen LogP contribution is 2.34. The van der Waals surface area contributed by atoms with Gasteiger partial charge in [0.15, 0.2) is 0 Å². The smallest absolute Gasteiger partial charge is 0.326 e. The van der Waals surface area contributed by atoms with Crippen LogP contribution in [-0.2, 0) is 26.6 Å². The molecule has 2 aromatic rings. The first-order valence-corrected chi connectivity index (χ1v) is 9.21. The Kier molecular flexibility index (Phi) is 6.69. The van der Waals surface area contributed by atoms with Gasteiger partial charge in [-0.3, -0.25) is 23.9 Å². The van der Waals surface area contributed by atoms with Crippen molar-refractivity contribution >= 4 is 39.7 Å². The summed E-state index contributed by atoms with van der Waals surface area (Å²) in [6.45, 7) is 1.32. The molecule has 1 atom stereocenters. The van der Waals surface area contributed by atoms with Crippen molar-refractivity contribution in [3.63, 3.8) is 0 Å². The fraction of sp³-hybridized carbons (Fsp3) is 0.176. The molecule has 12 heteroatoms. The normalized spacial score (nSPS) is 12.1. The number of nitro groups is 1. The number of benzene rings is 2. The van der Waals surface area contributed by atoms with Gasteiger partial charge < -0.3 is 10.6 Å². The maximum Gasteiger partial charge on any atom is 0.416 e. The lowest BCUT2D eigenvalue weighted by Gasteiger charge is -2.09. The lowest BCUT2D eigenvalue weighted by atomic mass is 10.2. The van der Waals surface area contributed by atoms with Gasteiger partial charge in [0.25, 0.3) is 5.69 Å². The first kappa shape index (κ1) is 22.0. The van der Waals surface area contributed by atoms with Crippen LogP contribution in [0.2, 0.25) is 0 Å². The Morgan fingerprint density at radius 2 is 1.62 bits per heavy atom. The van der Waals surface area contributed by atoms with Crippen LogP contribution in [-0.4, -0.2) is 26.7 Å². The van der Waals surface area contributed by atoms with Gasteiger partial charge in [0, 0.05) is 24.4 Å². The molecule has 0 aliphatic rings. The van der Waals surface area contributed by atoms with Crippen molar-refractivity contribution in [3.05, 3.63) is 58.1 Å². The van der Waals surface area contributed by atoms with Gasteiger partial charge in [-0.05, 0) is 36.4 Å². The quantitative estimate of drug-likeness (QED) is 0.539. The predicted octanol–water partition coefficient (Wildman–Crippen LogP) is 3.32. The Bertz CT molecular complexity index is 977. The number of carbonyl (C=O) groups excluding carboxylic acids is 2. The van der Waals surface area contributed by atoms with E-state index in [1.165, 1.54) is 31.2 Å². The number of nitro benzene ring substituents is 1. The first-order chi connectivity index (χ1) is 13.5. The Balaban J connectivity index is 2.12. The van der Waals surface area contributed by atoms with Crippen LogP contribution in [0.1, 0.15) is 12.5 Å². The summed E-state index contributed by atoms with van der Waals surface area (Å²) in [6, 6.07) is 7.53. The highest BCUT2D eigenvalue weighted by Gasteiger charge is 2.34. The van der Waals surface area contributed by atoms with Crippen LogP contribution < -0.4 is 10.6 Å². The summed E-state index contributed by atoms with van der Waals surface area (Å²) < 4.78 is 50.5. The molecule has 0 fully saturated rings. The van der Waals surface area contributed by atoms with Gasteiger partial charge >= 0.3 is 6.18 Å². The van der Waals surface area contributed by atoms with E-state index in [-0.39, 0.29) is 12.0 Å². The van der Waals surface area contributed by atoms with Gasteiger partial charge in [-0.15, -0.1) is 0 Å². The molecule has 0 saturated heterocycles. The maximum atomic E-state index is 12.7. The second-order valence-corrected chi connectivity index (χ2v) is 7.15. The summed E-state index contributed by atoms with van der Waals surface area (Å²) in [4.78, 5) is 32.5. The molecule has 154 valence electrons. The second-order valence-electron chi connectivity index (χ2n) is 5.73. The standard InChI is InChI=1S/C17H14F3N3O5S/c1-10(24)21-12-3-5-13(6-4-12)22-16(25)9-29(28)15-7-2-11(17(18,19)20)8-14(15)23(26)27/h2-8H,9H2,1H3,(H,21,24)(H,22,25). The van der Waals surface area contributed by atoms with Crippen LogP contribution >= 0.6 is 0 Å². The Hall–Kier alpha value is -3.28. The van der Waals surface area contributed by atoms with Crippen molar-refractivity contribution in [1.29, 1.82) is 0 Å². The molecule has 2 rings (SSSR count). The van der Waals surface area contributed by atoms with Gasteiger partial charge in [-0.2, -0.15) is 13.2 Å². The zero-order valence-corrected chi connectivity index (χ0v) is 15.6. The number of nitrogens with zero attached hydrogens (tertiary/aromatic N) is 1. The zero-order valence-electron chi connectivity index (χ0n) is 14.8. The van der Waals surface area contributed by atoms with E-state index in [0.717, 1.165) is 6.07 Å². The van der Waals surface area contributed by atoms with E-state index in [0.29, 0.717) is 17.4 Å². The number of amides is 2. The molecular formula is C17H14F3N3O5S. The maximum absolute atomic E-state index is 12.7. The summed E-state index contributed by atoms with van der Waals surface area (Å²) in [7, 11) is -2.24.